The van der Waals surface area contributed by atoms with Gasteiger partial charge in [0, 0.05) is 19.0 Å². The van der Waals surface area contributed by atoms with E-state index in [1.165, 1.54) is 37.8 Å². The molecule has 1 aromatic carbocycles. The van der Waals surface area contributed by atoms with Gasteiger partial charge in [-0.05, 0) is 56.1 Å². The van der Waals surface area contributed by atoms with Crippen LogP contribution in [0.2, 0.25) is 0 Å². The SMILES string of the molecule is O=C(Nc1ccccc1N1CCCC1)C1CC2CCC1C2. The quantitative estimate of drug-likeness (QED) is 0.918. The number of benzene rings is 1. The van der Waals surface area contributed by atoms with Crippen molar-refractivity contribution in [1.82, 2.24) is 0 Å². The summed E-state index contributed by atoms with van der Waals surface area (Å²) in [6.07, 6.45) is 7.52. The number of rotatable bonds is 3. The number of hydrogen-bond donors (Lipinski definition) is 1. The molecule has 1 N–H and O–H groups in total. The van der Waals surface area contributed by atoms with Gasteiger partial charge in [0.1, 0.15) is 0 Å². The van der Waals surface area contributed by atoms with Crippen molar-refractivity contribution in [2.24, 2.45) is 17.8 Å². The lowest BCUT2D eigenvalue weighted by Gasteiger charge is -2.24. The number of nitrogens with one attached hydrogen (secondary N) is 1. The molecule has 21 heavy (non-hydrogen) atoms. The van der Waals surface area contributed by atoms with Gasteiger partial charge in [0.05, 0.1) is 11.4 Å². The van der Waals surface area contributed by atoms with Crippen molar-refractivity contribution in [1.29, 1.82) is 0 Å². The number of nitrogens with zero attached hydrogens (tertiary/aromatic N) is 1. The average molecular weight is 284 g/mol. The van der Waals surface area contributed by atoms with E-state index < -0.39 is 0 Å². The molecule has 1 saturated heterocycles. The highest BCUT2D eigenvalue weighted by Gasteiger charge is 2.43. The lowest BCUT2D eigenvalue weighted by Crippen LogP contribution is -2.28. The predicted octanol–water partition coefficient (Wildman–Crippen LogP) is 3.66. The van der Waals surface area contributed by atoms with Crippen LogP contribution < -0.4 is 10.2 Å². The Morgan fingerprint density at radius 1 is 1.10 bits per heavy atom. The van der Waals surface area contributed by atoms with E-state index in [0.717, 1.165) is 31.1 Å². The number of carbonyl (C=O) groups excluding carboxylic acids is 1. The molecule has 2 saturated carbocycles. The topological polar surface area (TPSA) is 32.3 Å². The molecule has 3 atom stereocenters. The fourth-order valence-corrected chi connectivity index (χ4v) is 4.60. The molecular weight excluding hydrogens is 260 g/mol. The van der Waals surface area contributed by atoms with Gasteiger partial charge >= 0.3 is 0 Å². The van der Waals surface area contributed by atoms with E-state index in [9.17, 15) is 4.79 Å². The van der Waals surface area contributed by atoms with Crippen molar-refractivity contribution in [3.63, 3.8) is 0 Å². The Bertz CT molecular complexity index is 536. The summed E-state index contributed by atoms with van der Waals surface area (Å²) in [5.74, 6) is 1.98. The number of anilines is 2. The van der Waals surface area contributed by atoms with Gasteiger partial charge in [-0.2, -0.15) is 0 Å². The van der Waals surface area contributed by atoms with E-state index in [1.54, 1.807) is 0 Å². The van der Waals surface area contributed by atoms with E-state index in [2.05, 4.69) is 28.4 Å². The van der Waals surface area contributed by atoms with Crippen LogP contribution in [0.4, 0.5) is 11.4 Å². The highest BCUT2D eigenvalue weighted by molar-refractivity contribution is 5.96. The molecule has 3 heteroatoms. The van der Waals surface area contributed by atoms with Crippen LogP contribution in [0.5, 0.6) is 0 Å². The van der Waals surface area contributed by atoms with Gasteiger partial charge in [-0.1, -0.05) is 18.6 Å². The molecule has 112 valence electrons. The van der Waals surface area contributed by atoms with Crippen LogP contribution in [-0.2, 0) is 4.79 Å². The monoisotopic (exact) mass is 284 g/mol. The molecule has 2 bridgehead atoms. The molecule has 1 aliphatic heterocycles. The van der Waals surface area contributed by atoms with Gasteiger partial charge in [-0.15, -0.1) is 0 Å². The molecule has 0 aromatic heterocycles. The van der Waals surface area contributed by atoms with Crippen molar-refractivity contribution in [3.8, 4) is 0 Å². The predicted molar refractivity (Wildman–Crippen MR) is 85.5 cm³/mol. The maximum Gasteiger partial charge on any atom is 0.227 e. The molecule has 0 spiro atoms. The lowest BCUT2D eigenvalue weighted by molar-refractivity contribution is -0.121. The lowest BCUT2D eigenvalue weighted by atomic mass is 9.88. The summed E-state index contributed by atoms with van der Waals surface area (Å²) >= 11 is 0. The zero-order valence-electron chi connectivity index (χ0n) is 12.6. The van der Waals surface area contributed by atoms with Gasteiger partial charge < -0.3 is 10.2 Å². The zero-order valence-corrected chi connectivity index (χ0v) is 12.6. The van der Waals surface area contributed by atoms with Crippen LogP contribution in [0.15, 0.2) is 24.3 Å². The Kier molecular flexibility index (Phi) is 3.36. The Morgan fingerprint density at radius 2 is 1.90 bits per heavy atom. The molecule has 3 fully saturated rings. The largest absolute Gasteiger partial charge is 0.370 e. The third-order valence-electron chi connectivity index (χ3n) is 5.68. The van der Waals surface area contributed by atoms with Crippen LogP contribution >= 0.6 is 0 Å². The van der Waals surface area contributed by atoms with E-state index in [1.807, 2.05) is 6.07 Å². The maximum atomic E-state index is 12.6. The smallest absolute Gasteiger partial charge is 0.227 e. The van der Waals surface area contributed by atoms with Gasteiger partial charge in [0.15, 0.2) is 0 Å². The van der Waals surface area contributed by atoms with Crippen LogP contribution in [0.3, 0.4) is 0 Å². The highest BCUT2D eigenvalue weighted by atomic mass is 16.1. The Labute approximate surface area is 126 Å². The van der Waals surface area contributed by atoms with Crippen LogP contribution in [0.25, 0.3) is 0 Å². The third-order valence-corrected chi connectivity index (χ3v) is 5.68. The number of para-hydroxylation sites is 2. The second-order valence-electron chi connectivity index (χ2n) is 6.98. The maximum absolute atomic E-state index is 12.6. The minimum Gasteiger partial charge on any atom is -0.370 e. The van der Waals surface area contributed by atoms with Gasteiger partial charge in [0.2, 0.25) is 5.91 Å². The zero-order chi connectivity index (χ0) is 14.2. The number of hydrogen-bond acceptors (Lipinski definition) is 2. The first-order valence-electron chi connectivity index (χ1n) is 8.46. The fraction of sp³-hybridized carbons (Fsp3) is 0.611. The van der Waals surface area contributed by atoms with Crippen LogP contribution in [0.1, 0.15) is 38.5 Å². The molecule has 1 aromatic rings. The van der Waals surface area contributed by atoms with Crippen LogP contribution in [0, 0.1) is 17.8 Å². The van der Waals surface area contributed by atoms with Gasteiger partial charge in [-0.3, -0.25) is 4.79 Å². The summed E-state index contributed by atoms with van der Waals surface area (Å²) in [4.78, 5) is 15.0. The highest BCUT2D eigenvalue weighted by Crippen LogP contribution is 2.48. The van der Waals surface area contributed by atoms with Crippen molar-refractivity contribution >= 4 is 17.3 Å². The summed E-state index contributed by atoms with van der Waals surface area (Å²) in [5, 5.41) is 3.23. The van der Waals surface area contributed by atoms with Crippen LogP contribution in [-0.4, -0.2) is 19.0 Å². The average Bonchev–Trinajstić information content (AvgIpc) is 3.25. The molecule has 3 nitrogen and oxygen atoms in total. The molecule has 3 unspecified atom stereocenters. The van der Waals surface area contributed by atoms with Crippen molar-refractivity contribution in [3.05, 3.63) is 24.3 Å². The van der Waals surface area contributed by atoms with Gasteiger partial charge in [-0.25, -0.2) is 0 Å². The molecule has 1 heterocycles. The minimum absolute atomic E-state index is 0.258. The normalized spacial score (nSPS) is 30.9. The molecule has 2 aliphatic carbocycles. The van der Waals surface area contributed by atoms with E-state index in [-0.39, 0.29) is 11.8 Å². The Balaban J connectivity index is 1.50. The summed E-state index contributed by atoms with van der Waals surface area (Å²) in [5.41, 5.74) is 2.21. The number of amides is 1. The molecule has 0 radical (unpaired) electrons. The fourth-order valence-electron chi connectivity index (χ4n) is 4.60. The minimum atomic E-state index is 0.258. The second-order valence-corrected chi connectivity index (χ2v) is 6.98. The number of fused-ring (bicyclic) bond motifs is 2. The first kappa shape index (κ1) is 13.2. The number of carbonyl (C=O) groups is 1. The standard InChI is InChI=1S/C18H24N2O/c21-18(15-12-13-7-8-14(15)11-13)19-16-5-1-2-6-17(16)20-9-3-4-10-20/h1-2,5-6,13-15H,3-4,7-12H2,(H,19,21). The summed E-state index contributed by atoms with van der Waals surface area (Å²) < 4.78 is 0. The van der Waals surface area contributed by atoms with E-state index >= 15 is 0 Å². The van der Waals surface area contributed by atoms with Gasteiger partial charge in [0.25, 0.3) is 0 Å². The first-order chi connectivity index (χ1) is 10.3. The summed E-state index contributed by atoms with van der Waals surface area (Å²) in [7, 11) is 0. The molecular formula is C18H24N2O. The second kappa shape index (κ2) is 5.36. The summed E-state index contributed by atoms with van der Waals surface area (Å²) in [6, 6.07) is 8.29. The molecule has 4 rings (SSSR count). The van der Waals surface area contributed by atoms with Crippen molar-refractivity contribution in [2.75, 3.05) is 23.3 Å². The molecule has 3 aliphatic rings. The summed E-state index contributed by atoms with van der Waals surface area (Å²) in [6.45, 7) is 2.22. The van der Waals surface area contributed by atoms with Crippen molar-refractivity contribution < 1.29 is 4.79 Å². The third kappa shape index (κ3) is 2.43. The Hall–Kier alpha value is -1.51. The Morgan fingerprint density at radius 3 is 2.62 bits per heavy atom. The van der Waals surface area contributed by atoms with E-state index in [4.69, 9.17) is 0 Å². The van der Waals surface area contributed by atoms with Crippen molar-refractivity contribution in [2.45, 2.75) is 38.5 Å². The van der Waals surface area contributed by atoms with E-state index in [0.29, 0.717) is 5.92 Å². The molecule has 1 amide bonds. The first-order valence-corrected chi connectivity index (χ1v) is 8.46.